The van der Waals surface area contributed by atoms with Crippen LogP contribution in [0, 0.1) is 5.41 Å². The molecule has 5 nitrogen and oxygen atoms in total. The molecule has 0 bridgehead atoms. The molecule has 23 heavy (non-hydrogen) atoms. The highest BCUT2D eigenvalue weighted by molar-refractivity contribution is 7.89. The maximum absolute atomic E-state index is 12.7. The molecule has 0 saturated heterocycles. The van der Waals surface area contributed by atoms with Crippen LogP contribution in [0.4, 0.5) is 0 Å². The smallest absolute Gasteiger partial charge is 0.316 e. The van der Waals surface area contributed by atoms with Gasteiger partial charge in [0.15, 0.2) is 5.76 Å². The number of hydrogen-bond acceptors (Lipinski definition) is 4. The highest BCUT2D eigenvalue weighted by Crippen LogP contribution is 2.34. The number of fused-ring (bicyclic) bond motifs is 1. The van der Waals surface area contributed by atoms with Gasteiger partial charge in [0.1, 0.15) is 0 Å². The monoisotopic (exact) mass is 337 g/mol. The molecular formula is C17H23NO4S. The van der Waals surface area contributed by atoms with Crippen LogP contribution in [0.15, 0.2) is 35.4 Å². The Morgan fingerprint density at radius 1 is 1.22 bits per heavy atom. The van der Waals surface area contributed by atoms with Crippen LogP contribution in [-0.2, 0) is 19.6 Å². The van der Waals surface area contributed by atoms with Crippen LogP contribution in [0.5, 0.6) is 0 Å². The number of benzene rings is 1. The lowest BCUT2D eigenvalue weighted by atomic mass is 9.97. The van der Waals surface area contributed by atoms with E-state index in [1.165, 1.54) is 10.5 Å². The van der Waals surface area contributed by atoms with E-state index in [0.717, 1.165) is 12.8 Å². The summed E-state index contributed by atoms with van der Waals surface area (Å²) in [5.41, 5.74) is -0.238. The van der Waals surface area contributed by atoms with Gasteiger partial charge >= 0.3 is 5.97 Å². The number of esters is 1. The first kappa shape index (κ1) is 17.5. The van der Waals surface area contributed by atoms with Crippen molar-refractivity contribution in [2.45, 2.75) is 45.4 Å². The second-order valence-electron chi connectivity index (χ2n) is 6.60. The van der Waals surface area contributed by atoms with Crippen molar-refractivity contribution in [1.29, 1.82) is 0 Å². The van der Waals surface area contributed by atoms with E-state index in [9.17, 15) is 13.2 Å². The van der Waals surface area contributed by atoms with Crippen molar-refractivity contribution in [3.8, 4) is 0 Å². The van der Waals surface area contributed by atoms with Crippen molar-refractivity contribution in [2.24, 2.45) is 5.41 Å². The Labute approximate surface area is 138 Å². The molecule has 1 aromatic carbocycles. The summed E-state index contributed by atoms with van der Waals surface area (Å²) in [6, 6.07) is 6.60. The number of rotatable bonds is 4. The van der Waals surface area contributed by atoms with Gasteiger partial charge in [0.25, 0.3) is 10.0 Å². The van der Waals surface area contributed by atoms with Gasteiger partial charge in [-0.1, -0.05) is 25.5 Å². The summed E-state index contributed by atoms with van der Waals surface area (Å²) in [6.07, 6.45) is 3.04. The third kappa shape index (κ3) is 3.58. The summed E-state index contributed by atoms with van der Waals surface area (Å²) in [6.45, 7) is 7.64. The Morgan fingerprint density at radius 3 is 2.48 bits per heavy atom. The van der Waals surface area contributed by atoms with Gasteiger partial charge in [-0.25, -0.2) is 8.42 Å². The van der Waals surface area contributed by atoms with E-state index >= 15 is 0 Å². The van der Waals surface area contributed by atoms with Crippen molar-refractivity contribution in [2.75, 3.05) is 6.54 Å². The van der Waals surface area contributed by atoms with Gasteiger partial charge in [0, 0.05) is 12.1 Å². The highest BCUT2D eigenvalue weighted by Gasteiger charge is 2.34. The van der Waals surface area contributed by atoms with Gasteiger partial charge in [-0.2, -0.15) is 0 Å². The Hall–Kier alpha value is -1.82. The first-order chi connectivity index (χ1) is 10.7. The van der Waals surface area contributed by atoms with Gasteiger partial charge in [0.05, 0.1) is 16.5 Å². The molecule has 0 saturated carbocycles. The second-order valence-corrected chi connectivity index (χ2v) is 8.46. The third-order valence-corrected chi connectivity index (χ3v) is 5.36. The molecule has 6 heteroatoms. The number of carbonyl (C=O) groups excluding carboxylic acids is 1. The SMILES string of the molecule is CCCCN1C=C(OC(=O)C(C)(C)C)c2ccccc2S1(=O)=O. The predicted molar refractivity (Wildman–Crippen MR) is 88.8 cm³/mol. The minimum absolute atomic E-state index is 0.176. The van der Waals surface area contributed by atoms with Gasteiger partial charge in [-0.05, 0) is 39.3 Å². The number of carbonyl (C=O) groups is 1. The van der Waals surface area contributed by atoms with Crippen LogP contribution in [0.1, 0.15) is 46.1 Å². The summed E-state index contributed by atoms with van der Waals surface area (Å²) < 4.78 is 32.1. The first-order valence-corrected chi connectivity index (χ1v) is 9.17. The number of nitrogens with zero attached hydrogens (tertiary/aromatic N) is 1. The molecule has 0 amide bonds. The molecule has 1 heterocycles. The molecule has 1 aliphatic heterocycles. The van der Waals surface area contributed by atoms with E-state index in [4.69, 9.17) is 4.74 Å². The molecule has 0 unspecified atom stereocenters. The van der Waals surface area contributed by atoms with Crippen LogP contribution in [0.2, 0.25) is 0 Å². The van der Waals surface area contributed by atoms with E-state index in [1.807, 2.05) is 6.92 Å². The normalized spacial score (nSPS) is 16.5. The van der Waals surface area contributed by atoms with Crippen LogP contribution >= 0.6 is 0 Å². The van der Waals surface area contributed by atoms with E-state index in [-0.39, 0.29) is 10.7 Å². The quantitative estimate of drug-likeness (QED) is 0.790. The van der Waals surface area contributed by atoms with Crippen LogP contribution in [-0.4, -0.2) is 25.2 Å². The predicted octanol–water partition coefficient (Wildman–Crippen LogP) is 3.38. The second kappa shape index (κ2) is 6.35. The topological polar surface area (TPSA) is 63.7 Å². The largest absolute Gasteiger partial charge is 0.424 e. The molecule has 0 radical (unpaired) electrons. The maximum atomic E-state index is 12.7. The van der Waals surface area contributed by atoms with Gasteiger partial charge < -0.3 is 4.74 Å². The fraction of sp³-hybridized carbons (Fsp3) is 0.471. The van der Waals surface area contributed by atoms with Gasteiger partial charge in [-0.3, -0.25) is 9.10 Å². The summed E-state index contributed by atoms with van der Waals surface area (Å²) in [5, 5.41) is 0. The van der Waals surface area contributed by atoms with E-state index in [1.54, 1.807) is 45.0 Å². The fourth-order valence-electron chi connectivity index (χ4n) is 2.12. The molecule has 2 rings (SSSR count). The molecule has 0 N–H and O–H groups in total. The minimum atomic E-state index is -3.59. The van der Waals surface area contributed by atoms with Crippen molar-refractivity contribution < 1.29 is 17.9 Å². The lowest BCUT2D eigenvalue weighted by molar-refractivity contribution is -0.145. The molecule has 0 atom stereocenters. The maximum Gasteiger partial charge on any atom is 0.316 e. The number of hydrogen-bond donors (Lipinski definition) is 0. The Bertz CT molecular complexity index is 729. The molecule has 0 aromatic heterocycles. The Morgan fingerprint density at radius 2 is 1.87 bits per heavy atom. The average molecular weight is 337 g/mol. The zero-order chi connectivity index (χ0) is 17.3. The van der Waals surface area contributed by atoms with Gasteiger partial charge in [0.2, 0.25) is 0 Å². The van der Waals surface area contributed by atoms with E-state index in [0.29, 0.717) is 12.1 Å². The van der Waals surface area contributed by atoms with Crippen LogP contribution < -0.4 is 0 Å². The summed E-state index contributed by atoms with van der Waals surface area (Å²) in [4.78, 5) is 12.4. The Balaban J connectivity index is 2.47. The standard InChI is InChI=1S/C17H23NO4S/c1-5-6-11-18-12-14(22-16(19)17(2,3)4)13-9-7-8-10-15(13)23(18,20)21/h7-10,12H,5-6,11H2,1-4H3. The minimum Gasteiger partial charge on any atom is -0.424 e. The van der Waals surface area contributed by atoms with Crippen molar-refractivity contribution >= 4 is 21.8 Å². The summed E-state index contributed by atoms with van der Waals surface area (Å²) in [5.74, 6) is -0.111. The number of ether oxygens (including phenoxy) is 1. The van der Waals surface area contributed by atoms with Crippen LogP contribution in [0.3, 0.4) is 0 Å². The van der Waals surface area contributed by atoms with Crippen molar-refractivity contribution in [1.82, 2.24) is 4.31 Å². The molecular weight excluding hydrogens is 314 g/mol. The van der Waals surface area contributed by atoms with E-state index < -0.39 is 21.4 Å². The molecule has 0 spiro atoms. The fourth-order valence-corrected chi connectivity index (χ4v) is 3.68. The van der Waals surface area contributed by atoms with Gasteiger partial charge in [-0.15, -0.1) is 0 Å². The molecule has 0 fully saturated rings. The lowest BCUT2D eigenvalue weighted by Gasteiger charge is -2.28. The molecule has 1 aliphatic rings. The average Bonchev–Trinajstić information content (AvgIpc) is 2.48. The van der Waals surface area contributed by atoms with Crippen LogP contribution in [0.25, 0.3) is 5.76 Å². The Kier molecular flexibility index (Phi) is 4.84. The van der Waals surface area contributed by atoms with Crippen molar-refractivity contribution in [3.63, 3.8) is 0 Å². The molecule has 1 aromatic rings. The number of unbranched alkanes of at least 4 members (excludes halogenated alkanes) is 1. The molecule has 126 valence electrons. The number of sulfonamides is 1. The summed E-state index contributed by atoms with van der Waals surface area (Å²) >= 11 is 0. The van der Waals surface area contributed by atoms with E-state index in [2.05, 4.69) is 0 Å². The van der Waals surface area contributed by atoms with Crippen molar-refractivity contribution in [3.05, 3.63) is 36.0 Å². The third-order valence-electron chi connectivity index (χ3n) is 3.55. The zero-order valence-corrected chi connectivity index (χ0v) is 14.8. The first-order valence-electron chi connectivity index (χ1n) is 7.73. The highest BCUT2D eigenvalue weighted by atomic mass is 32.2. The summed E-state index contributed by atoms with van der Waals surface area (Å²) in [7, 11) is -3.59. The zero-order valence-electron chi connectivity index (χ0n) is 14.0. The lowest BCUT2D eigenvalue weighted by Crippen LogP contribution is -2.32. The molecule has 0 aliphatic carbocycles.